The van der Waals surface area contributed by atoms with Crippen LogP contribution in [-0.4, -0.2) is 18.1 Å². The van der Waals surface area contributed by atoms with Crippen molar-refractivity contribution in [3.8, 4) is 0 Å². The van der Waals surface area contributed by atoms with Crippen molar-refractivity contribution in [1.82, 2.24) is 0 Å². The highest BCUT2D eigenvalue weighted by molar-refractivity contribution is 5.92. The molecule has 1 atom stereocenters. The fourth-order valence-corrected chi connectivity index (χ4v) is 2.23. The van der Waals surface area contributed by atoms with Crippen molar-refractivity contribution in [1.29, 1.82) is 0 Å². The molecule has 0 aromatic heterocycles. The monoisotopic (exact) mass is 299 g/mol. The Morgan fingerprint density at radius 1 is 1.33 bits per heavy atom. The number of fused-ring (bicyclic) bond motifs is 1. The minimum absolute atomic E-state index is 0.246. The number of carbonyl (C=O) groups is 1. The van der Waals surface area contributed by atoms with Crippen molar-refractivity contribution in [3.05, 3.63) is 35.4 Å². The first kappa shape index (κ1) is 15.4. The van der Waals surface area contributed by atoms with E-state index in [0.717, 1.165) is 12.1 Å². The highest BCUT2D eigenvalue weighted by atomic mass is 19.4. The molecule has 21 heavy (non-hydrogen) atoms. The molecule has 0 bridgehead atoms. The van der Waals surface area contributed by atoms with Crippen molar-refractivity contribution in [3.63, 3.8) is 0 Å². The molecule has 0 fully saturated rings. The molecule has 0 radical (unpaired) electrons. The Labute approximate surface area is 120 Å². The van der Waals surface area contributed by atoms with Gasteiger partial charge in [-0.05, 0) is 43.2 Å². The van der Waals surface area contributed by atoms with E-state index in [0.29, 0.717) is 17.7 Å². The summed E-state index contributed by atoms with van der Waals surface area (Å²) in [6.07, 6.45) is -0.860. The number of rotatable bonds is 3. The predicted molar refractivity (Wildman–Crippen MR) is 73.8 cm³/mol. The third kappa shape index (κ3) is 2.89. The quantitative estimate of drug-likeness (QED) is 0.861. The summed E-state index contributed by atoms with van der Waals surface area (Å²) in [5.74, 6) is -0.436. The smallest absolute Gasteiger partial charge is 0.416 e. The fraction of sp³-hybridized carbons (Fsp3) is 0.400. The van der Waals surface area contributed by atoms with E-state index in [1.807, 2.05) is 6.92 Å². The number of esters is 1. The van der Waals surface area contributed by atoms with Gasteiger partial charge < -0.3 is 10.1 Å². The van der Waals surface area contributed by atoms with Crippen LogP contribution in [0.2, 0.25) is 0 Å². The van der Waals surface area contributed by atoms with Gasteiger partial charge in [-0.15, -0.1) is 0 Å². The van der Waals surface area contributed by atoms with Crippen LogP contribution in [0.3, 0.4) is 0 Å². The van der Waals surface area contributed by atoms with Crippen molar-refractivity contribution in [2.45, 2.75) is 32.0 Å². The Balaban J connectivity index is 2.36. The molecule has 1 unspecified atom stereocenters. The van der Waals surface area contributed by atoms with Crippen molar-refractivity contribution >= 4 is 17.7 Å². The molecule has 114 valence electrons. The summed E-state index contributed by atoms with van der Waals surface area (Å²) in [5.41, 5.74) is -0.852. The number of hydrogen-bond acceptors (Lipinski definition) is 3. The fourth-order valence-electron chi connectivity index (χ4n) is 2.23. The van der Waals surface area contributed by atoms with E-state index in [-0.39, 0.29) is 6.61 Å². The normalized spacial score (nSPS) is 20.6. The number of anilines is 1. The van der Waals surface area contributed by atoms with Crippen molar-refractivity contribution in [2.75, 3.05) is 11.9 Å². The van der Waals surface area contributed by atoms with Crippen molar-refractivity contribution < 1.29 is 22.7 Å². The molecule has 1 N–H and O–H groups in total. The standard InChI is InChI=1S/C15H16F3NO2/c1-3-14(13(20)21-4-2)8-7-10-9-11(15(16,17)18)5-6-12(10)19-14/h5-9,19H,3-4H2,1-2H3. The minimum atomic E-state index is -4.39. The van der Waals surface area contributed by atoms with E-state index in [1.165, 1.54) is 12.1 Å². The van der Waals surface area contributed by atoms with Gasteiger partial charge in [0.15, 0.2) is 5.54 Å². The minimum Gasteiger partial charge on any atom is -0.464 e. The van der Waals surface area contributed by atoms with Crippen LogP contribution in [-0.2, 0) is 15.7 Å². The van der Waals surface area contributed by atoms with Gasteiger partial charge in [0.1, 0.15) is 0 Å². The van der Waals surface area contributed by atoms with Gasteiger partial charge in [0.05, 0.1) is 12.2 Å². The lowest BCUT2D eigenvalue weighted by molar-refractivity contribution is -0.147. The lowest BCUT2D eigenvalue weighted by Gasteiger charge is -2.33. The van der Waals surface area contributed by atoms with Crippen LogP contribution in [0.15, 0.2) is 24.3 Å². The maximum Gasteiger partial charge on any atom is 0.416 e. The Bertz CT molecular complexity index is 581. The molecular formula is C15H16F3NO2. The number of ether oxygens (including phenoxy) is 1. The van der Waals surface area contributed by atoms with E-state index in [1.54, 1.807) is 13.0 Å². The summed E-state index contributed by atoms with van der Waals surface area (Å²) in [7, 11) is 0. The highest BCUT2D eigenvalue weighted by Gasteiger charge is 2.39. The second kappa shape index (κ2) is 5.42. The highest BCUT2D eigenvalue weighted by Crippen LogP contribution is 2.36. The van der Waals surface area contributed by atoms with Gasteiger partial charge in [-0.2, -0.15) is 13.2 Å². The molecule has 3 nitrogen and oxygen atoms in total. The largest absolute Gasteiger partial charge is 0.464 e. The molecule has 0 spiro atoms. The number of hydrogen-bond donors (Lipinski definition) is 1. The summed E-state index contributed by atoms with van der Waals surface area (Å²) >= 11 is 0. The van der Waals surface area contributed by atoms with Crippen LogP contribution in [0.25, 0.3) is 6.08 Å². The van der Waals surface area contributed by atoms with E-state index >= 15 is 0 Å². The lowest BCUT2D eigenvalue weighted by atomic mass is 9.89. The molecule has 0 aliphatic carbocycles. The maximum absolute atomic E-state index is 12.7. The van der Waals surface area contributed by atoms with Gasteiger partial charge in [0.25, 0.3) is 0 Å². The molecule has 1 heterocycles. The topological polar surface area (TPSA) is 38.3 Å². The van der Waals surface area contributed by atoms with Crippen LogP contribution in [0.4, 0.5) is 18.9 Å². The average molecular weight is 299 g/mol. The second-order valence-corrected chi connectivity index (χ2v) is 4.80. The second-order valence-electron chi connectivity index (χ2n) is 4.80. The first-order chi connectivity index (χ1) is 9.82. The Morgan fingerprint density at radius 3 is 2.62 bits per heavy atom. The lowest BCUT2D eigenvalue weighted by Crippen LogP contribution is -2.46. The van der Waals surface area contributed by atoms with E-state index in [2.05, 4.69) is 5.32 Å². The molecule has 0 saturated carbocycles. The molecule has 6 heteroatoms. The summed E-state index contributed by atoms with van der Waals surface area (Å²) < 4.78 is 43.1. The van der Waals surface area contributed by atoms with Gasteiger partial charge in [-0.3, -0.25) is 0 Å². The van der Waals surface area contributed by atoms with Gasteiger partial charge in [0, 0.05) is 5.69 Å². The molecule has 1 aliphatic rings. The van der Waals surface area contributed by atoms with Crippen LogP contribution in [0.5, 0.6) is 0 Å². The molecule has 2 rings (SSSR count). The van der Waals surface area contributed by atoms with E-state index < -0.39 is 23.2 Å². The van der Waals surface area contributed by atoms with Gasteiger partial charge >= 0.3 is 12.1 Å². The number of nitrogens with one attached hydrogen (secondary N) is 1. The summed E-state index contributed by atoms with van der Waals surface area (Å²) in [5, 5.41) is 2.99. The average Bonchev–Trinajstić information content (AvgIpc) is 2.45. The molecule has 1 aliphatic heterocycles. The third-order valence-corrected chi connectivity index (χ3v) is 3.48. The zero-order valence-electron chi connectivity index (χ0n) is 11.8. The van der Waals surface area contributed by atoms with Crippen LogP contribution in [0, 0.1) is 0 Å². The van der Waals surface area contributed by atoms with E-state index in [4.69, 9.17) is 4.74 Å². The summed E-state index contributed by atoms with van der Waals surface area (Å²) in [6, 6.07) is 3.39. The number of benzene rings is 1. The first-order valence-corrected chi connectivity index (χ1v) is 6.68. The summed E-state index contributed by atoms with van der Waals surface area (Å²) in [4.78, 5) is 12.1. The van der Waals surface area contributed by atoms with Gasteiger partial charge in [0.2, 0.25) is 0 Å². The SMILES string of the molecule is CCOC(=O)C1(CC)C=Cc2cc(C(F)(F)F)ccc2N1. The Kier molecular flexibility index (Phi) is 3.98. The van der Waals surface area contributed by atoms with Crippen LogP contribution < -0.4 is 5.32 Å². The number of halogens is 3. The first-order valence-electron chi connectivity index (χ1n) is 6.68. The number of alkyl halides is 3. The predicted octanol–water partition coefficient (Wildman–Crippen LogP) is 3.86. The summed E-state index contributed by atoms with van der Waals surface area (Å²) in [6.45, 7) is 3.76. The molecule has 1 aromatic carbocycles. The van der Waals surface area contributed by atoms with Gasteiger partial charge in [-0.25, -0.2) is 4.79 Å². The Morgan fingerprint density at radius 2 is 2.05 bits per heavy atom. The van der Waals surface area contributed by atoms with Crippen LogP contribution >= 0.6 is 0 Å². The molecule has 0 saturated heterocycles. The van der Waals surface area contributed by atoms with Gasteiger partial charge in [-0.1, -0.05) is 13.0 Å². The van der Waals surface area contributed by atoms with E-state index in [9.17, 15) is 18.0 Å². The maximum atomic E-state index is 12.7. The molecular weight excluding hydrogens is 283 g/mol. The Hall–Kier alpha value is -1.98. The molecule has 0 amide bonds. The zero-order chi connectivity index (χ0) is 15.7. The number of carbonyl (C=O) groups excluding carboxylic acids is 1. The third-order valence-electron chi connectivity index (χ3n) is 3.48. The van der Waals surface area contributed by atoms with Crippen molar-refractivity contribution in [2.24, 2.45) is 0 Å². The molecule has 1 aromatic rings. The van der Waals surface area contributed by atoms with Crippen LogP contribution in [0.1, 0.15) is 31.4 Å². The zero-order valence-corrected chi connectivity index (χ0v) is 11.8.